The van der Waals surface area contributed by atoms with Gasteiger partial charge in [0.15, 0.2) is 0 Å². The summed E-state index contributed by atoms with van der Waals surface area (Å²) >= 11 is 1.54. The standard InChI is InChI=1S/C21H26N2O4S2/c1-2-27-17-10-9-16(14-20(17)29(25,26)23-11-5-6-12-23)22-21(24)19-13-15-7-3-4-8-18(15)28-19/h9-10,13-14H,2-8,11-12H2,1H3,(H,22,24). The summed E-state index contributed by atoms with van der Waals surface area (Å²) in [7, 11) is -3.66. The van der Waals surface area contributed by atoms with Gasteiger partial charge in [-0.25, -0.2) is 8.42 Å². The Kier molecular flexibility index (Phi) is 5.94. The monoisotopic (exact) mass is 434 g/mol. The van der Waals surface area contributed by atoms with Gasteiger partial charge in [0.1, 0.15) is 10.6 Å². The van der Waals surface area contributed by atoms with Gasteiger partial charge in [-0.1, -0.05) is 0 Å². The predicted molar refractivity (Wildman–Crippen MR) is 115 cm³/mol. The van der Waals surface area contributed by atoms with Crippen LogP contribution >= 0.6 is 11.3 Å². The molecule has 1 saturated heterocycles. The minimum absolute atomic E-state index is 0.115. The van der Waals surface area contributed by atoms with Crippen LogP contribution in [0.4, 0.5) is 5.69 Å². The van der Waals surface area contributed by atoms with E-state index in [1.165, 1.54) is 33.7 Å². The van der Waals surface area contributed by atoms with Gasteiger partial charge >= 0.3 is 0 Å². The molecule has 4 rings (SSSR count). The van der Waals surface area contributed by atoms with Crippen molar-refractivity contribution in [2.45, 2.75) is 50.3 Å². The first-order valence-corrected chi connectivity index (χ1v) is 12.4. The van der Waals surface area contributed by atoms with Crippen molar-refractivity contribution in [1.29, 1.82) is 0 Å². The highest BCUT2D eigenvalue weighted by molar-refractivity contribution is 7.89. The Morgan fingerprint density at radius 1 is 1.14 bits per heavy atom. The van der Waals surface area contributed by atoms with E-state index in [4.69, 9.17) is 4.74 Å². The molecule has 2 aliphatic rings. The van der Waals surface area contributed by atoms with Crippen LogP contribution in [-0.2, 0) is 22.9 Å². The molecule has 29 heavy (non-hydrogen) atoms. The van der Waals surface area contributed by atoms with Gasteiger partial charge in [0, 0.05) is 23.7 Å². The normalized spacial score (nSPS) is 17.1. The molecule has 6 nitrogen and oxygen atoms in total. The number of amides is 1. The van der Waals surface area contributed by atoms with E-state index in [0.717, 1.165) is 25.7 Å². The van der Waals surface area contributed by atoms with Crippen LogP contribution in [0.15, 0.2) is 29.2 Å². The van der Waals surface area contributed by atoms with Crippen molar-refractivity contribution in [3.05, 3.63) is 39.6 Å². The van der Waals surface area contributed by atoms with Gasteiger partial charge in [0.25, 0.3) is 5.91 Å². The van der Waals surface area contributed by atoms with E-state index in [0.29, 0.717) is 36.0 Å². The van der Waals surface area contributed by atoms with E-state index in [9.17, 15) is 13.2 Å². The van der Waals surface area contributed by atoms with Crippen molar-refractivity contribution < 1.29 is 17.9 Å². The van der Waals surface area contributed by atoms with Gasteiger partial charge in [-0.05, 0) is 75.3 Å². The summed E-state index contributed by atoms with van der Waals surface area (Å²) in [6, 6.07) is 6.82. The minimum Gasteiger partial charge on any atom is -0.492 e. The molecule has 1 aromatic heterocycles. The molecule has 1 aromatic carbocycles. The first-order chi connectivity index (χ1) is 14.0. The van der Waals surface area contributed by atoms with Gasteiger partial charge in [0.2, 0.25) is 10.0 Å². The number of nitrogens with zero attached hydrogens (tertiary/aromatic N) is 1. The molecule has 8 heteroatoms. The zero-order valence-electron chi connectivity index (χ0n) is 16.6. The number of anilines is 1. The fraction of sp³-hybridized carbons (Fsp3) is 0.476. The molecule has 1 aliphatic carbocycles. The molecule has 2 aromatic rings. The van der Waals surface area contributed by atoms with E-state index in [1.54, 1.807) is 23.5 Å². The average Bonchev–Trinajstić information content (AvgIpc) is 3.39. The summed E-state index contributed by atoms with van der Waals surface area (Å²) in [5.41, 5.74) is 1.73. The second kappa shape index (κ2) is 8.45. The van der Waals surface area contributed by atoms with E-state index in [1.807, 2.05) is 13.0 Å². The molecule has 0 spiro atoms. The molecule has 0 radical (unpaired) electrons. The molecular weight excluding hydrogens is 408 g/mol. The lowest BCUT2D eigenvalue weighted by Gasteiger charge is -2.19. The van der Waals surface area contributed by atoms with Crippen LogP contribution in [0.1, 0.15) is 52.7 Å². The first-order valence-electron chi connectivity index (χ1n) is 10.2. The second-order valence-electron chi connectivity index (χ2n) is 7.43. The molecule has 1 aliphatic heterocycles. The number of fused-ring (bicyclic) bond motifs is 1. The quantitative estimate of drug-likeness (QED) is 0.744. The number of benzene rings is 1. The van der Waals surface area contributed by atoms with Crippen molar-refractivity contribution in [3.8, 4) is 5.75 Å². The SMILES string of the molecule is CCOc1ccc(NC(=O)c2cc3c(s2)CCCC3)cc1S(=O)(=O)N1CCCC1. The Hall–Kier alpha value is -1.90. The summed E-state index contributed by atoms with van der Waals surface area (Å²) in [5.74, 6) is 0.127. The van der Waals surface area contributed by atoms with Crippen molar-refractivity contribution in [1.82, 2.24) is 4.31 Å². The summed E-state index contributed by atoms with van der Waals surface area (Å²) in [4.78, 5) is 14.9. The zero-order valence-corrected chi connectivity index (χ0v) is 18.2. The number of hydrogen-bond donors (Lipinski definition) is 1. The van der Waals surface area contributed by atoms with E-state index in [-0.39, 0.29) is 10.8 Å². The van der Waals surface area contributed by atoms with E-state index >= 15 is 0 Å². The van der Waals surface area contributed by atoms with Crippen LogP contribution in [0, 0.1) is 0 Å². The van der Waals surface area contributed by atoms with Crippen LogP contribution in [0.5, 0.6) is 5.75 Å². The topological polar surface area (TPSA) is 75.7 Å². The van der Waals surface area contributed by atoms with Crippen LogP contribution in [-0.4, -0.2) is 38.3 Å². The lowest BCUT2D eigenvalue weighted by molar-refractivity contribution is 0.103. The average molecular weight is 435 g/mol. The van der Waals surface area contributed by atoms with Crippen molar-refractivity contribution in [2.24, 2.45) is 0 Å². The molecular formula is C21H26N2O4S2. The van der Waals surface area contributed by atoms with Crippen molar-refractivity contribution >= 4 is 33.0 Å². The molecule has 156 valence electrons. The zero-order chi connectivity index (χ0) is 20.4. The maximum absolute atomic E-state index is 13.1. The number of thiophene rings is 1. The highest BCUT2D eigenvalue weighted by Crippen LogP contribution is 2.33. The number of carbonyl (C=O) groups excluding carboxylic acids is 1. The third kappa shape index (κ3) is 4.20. The fourth-order valence-electron chi connectivity index (χ4n) is 3.92. The summed E-state index contributed by atoms with van der Waals surface area (Å²) in [6.07, 6.45) is 6.13. The van der Waals surface area contributed by atoms with E-state index in [2.05, 4.69) is 5.32 Å². The fourth-order valence-corrected chi connectivity index (χ4v) is 6.75. The molecule has 1 N–H and O–H groups in total. The number of hydrogen-bond acceptors (Lipinski definition) is 5. The Balaban J connectivity index is 1.61. The van der Waals surface area contributed by atoms with Gasteiger partial charge in [-0.2, -0.15) is 4.31 Å². The molecule has 0 saturated carbocycles. The predicted octanol–water partition coefficient (Wildman–Crippen LogP) is 4.06. The van der Waals surface area contributed by atoms with Crippen molar-refractivity contribution in [3.63, 3.8) is 0 Å². The lowest BCUT2D eigenvalue weighted by Crippen LogP contribution is -2.28. The Morgan fingerprint density at radius 2 is 1.90 bits per heavy atom. The van der Waals surface area contributed by atoms with Gasteiger partial charge < -0.3 is 10.1 Å². The highest BCUT2D eigenvalue weighted by Gasteiger charge is 2.30. The lowest BCUT2D eigenvalue weighted by atomic mass is 9.99. The number of carbonyl (C=O) groups is 1. The van der Waals surface area contributed by atoms with Gasteiger partial charge in [0.05, 0.1) is 11.5 Å². The summed E-state index contributed by atoms with van der Waals surface area (Å²) < 4.78 is 33.3. The largest absolute Gasteiger partial charge is 0.492 e. The molecule has 0 bridgehead atoms. The molecule has 1 amide bonds. The van der Waals surface area contributed by atoms with Crippen LogP contribution in [0.25, 0.3) is 0 Å². The molecule has 1 fully saturated rings. The summed E-state index contributed by atoms with van der Waals surface area (Å²) in [6.45, 7) is 3.23. The highest BCUT2D eigenvalue weighted by atomic mass is 32.2. The van der Waals surface area contributed by atoms with Gasteiger partial charge in [-0.15, -0.1) is 11.3 Å². The third-order valence-corrected chi connectivity index (χ3v) is 8.56. The Bertz CT molecular complexity index is 984. The van der Waals surface area contributed by atoms with E-state index < -0.39 is 10.0 Å². The minimum atomic E-state index is -3.66. The maximum atomic E-state index is 13.1. The molecule has 2 heterocycles. The number of rotatable bonds is 6. The smallest absolute Gasteiger partial charge is 0.265 e. The Labute approximate surface area is 175 Å². The Morgan fingerprint density at radius 3 is 2.62 bits per heavy atom. The van der Waals surface area contributed by atoms with Crippen LogP contribution in [0.3, 0.4) is 0 Å². The number of aryl methyl sites for hydroxylation is 2. The third-order valence-electron chi connectivity index (χ3n) is 5.40. The van der Waals surface area contributed by atoms with Crippen LogP contribution in [0.2, 0.25) is 0 Å². The van der Waals surface area contributed by atoms with Crippen LogP contribution < -0.4 is 10.1 Å². The number of nitrogens with one attached hydrogen (secondary N) is 1. The molecule has 0 unspecified atom stereocenters. The second-order valence-corrected chi connectivity index (χ2v) is 10.5. The number of sulfonamides is 1. The number of ether oxygens (including phenoxy) is 1. The first kappa shape index (κ1) is 20.4. The van der Waals surface area contributed by atoms with Gasteiger partial charge in [-0.3, -0.25) is 4.79 Å². The van der Waals surface area contributed by atoms with Crippen molar-refractivity contribution in [2.75, 3.05) is 25.0 Å². The maximum Gasteiger partial charge on any atom is 0.265 e. The summed E-state index contributed by atoms with van der Waals surface area (Å²) in [5, 5.41) is 2.87. The molecule has 0 atom stereocenters.